The number of hydrogen-bond acceptors (Lipinski definition) is 2. The van der Waals surface area contributed by atoms with E-state index < -0.39 is 11.7 Å². The van der Waals surface area contributed by atoms with Gasteiger partial charge in [-0.05, 0) is 43.9 Å². The first-order valence-corrected chi connectivity index (χ1v) is 9.02. The van der Waals surface area contributed by atoms with Gasteiger partial charge < -0.3 is 11.1 Å². The number of nitrogens with two attached hydrogens (primary N) is 1. The van der Waals surface area contributed by atoms with Crippen LogP contribution < -0.4 is 11.1 Å². The van der Waals surface area contributed by atoms with Crippen LogP contribution in [-0.4, -0.2) is 19.0 Å². The molecule has 0 aromatic heterocycles. The molecule has 1 fully saturated rings. The molecule has 1 saturated carbocycles. The summed E-state index contributed by atoms with van der Waals surface area (Å²) in [5.74, 6) is -0.0222. The monoisotopic (exact) mass is 356 g/mol. The Morgan fingerprint density at radius 3 is 2.48 bits per heavy atom. The van der Waals surface area contributed by atoms with Crippen molar-refractivity contribution in [2.24, 2.45) is 5.73 Å². The van der Waals surface area contributed by atoms with Crippen LogP contribution in [-0.2, 0) is 16.4 Å². The van der Waals surface area contributed by atoms with Crippen molar-refractivity contribution in [2.75, 3.05) is 13.1 Å². The quantitative estimate of drug-likeness (QED) is 0.653. The number of rotatable bonds is 9. The van der Waals surface area contributed by atoms with Crippen molar-refractivity contribution >= 4 is 5.91 Å². The lowest BCUT2D eigenvalue weighted by molar-refractivity contribution is -0.137. The summed E-state index contributed by atoms with van der Waals surface area (Å²) in [6.07, 6.45) is 2.52. The van der Waals surface area contributed by atoms with Gasteiger partial charge >= 0.3 is 6.18 Å². The lowest BCUT2D eigenvalue weighted by Gasteiger charge is -2.43. The maximum Gasteiger partial charge on any atom is 0.416 e. The predicted octanol–water partition coefficient (Wildman–Crippen LogP) is 4.15. The zero-order chi connectivity index (χ0) is 18.3. The summed E-state index contributed by atoms with van der Waals surface area (Å²) in [6, 6.07) is 5.53. The van der Waals surface area contributed by atoms with E-state index in [-0.39, 0.29) is 11.3 Å². The van der Waals surface area contributed by atoms with Gasteiger partial charge in [0.2, 0.25) is 5.91 Å². The molecule has 1 amide bonds. The number of benzene rings is 1. The standard InChI is InChI=1S/C19H27F3N2O/c20-19(21,22)16-8-5-7-15(13-16)18(10-6-11-18)14-24-17(25)9-3-1-2-4-12-23/h5,7-8,13H,1-4,6,9-12,14,23H2,(H,24,25). The summed E-state index contributed by atoms with van der Waals surface area (Å²) >= 11 is 0. The van der Waals surface area contributed by atoms with E-state index in [0.717, 1.165) is 51.0 Å². The Morgan fingerprint density at radius 1 is 1.16 bits per heavy atom. The van der Waals surface area contributed by atoms with Gasteiger partial charge in [-0.2, -0.15) is 13.2 Å². The lowest BCUT2D eigenvalue weighted by atomic mass is 9.64. The van der Waals surface area contributed by atoms with E-state index in [1.807, 2.05) is 0 Å². The van der Waals surface area contributed by atoms with E-state index in [1.54, 1.807) is 6.07 Å². The highest BCUT2D eigenvalue weighted by atomic mass is 19.4. The van der Waals surface area contributed by atoms with Crippen molar-refractivity contribution in [3.8, 4) is 0 Å². The third kappa shape index (κ3) is 5.46. The molecule has 0 saturated heterocycles. The maximum atomic E-state index is 12.9. The Kier molecular flexibility index (Phi) is 6.87. The number of nitrogens with one attached hydrogen (secondary N) is 1. The van der Waals surface area contributed by atoms with Crippen LogP contribution >= 0.6 is 0 Å². The zero-order valence-electron chi connectivity index (χ0n) is 14.5. The molecule has 3 nitrogen and oxygen atoms in total. The molecule has 3 N–H and O–H groups in total. The van der Waals surface area contributed by atoms with Gasteiger partial charge in [0, 0.05) is 18.4 Å². The molecule has 0 radical (unpaired) electrons. The first-order chi connectivity index (χ1) is 11.9. The predicted molar refractivity (Wildman–Crippen MR) is 92.1 cm³/mol. The van der Waals surface area contributed by atoms with E-state index in [4.69, 9.17) is 5.73 Å². The van der Waals surface area contributed by atoms with Crippen molar-refractivity contribution in [1.82, 2.24) is 5.32 Å². The second kappa shape index (κ2) is 8.70. The van der Waals surface area contributed by atoms with Crippen LogP contribution in [0.25, 0.3) is 0 Å². The Labute approximate surface area is 147 Å². The third-order valence-corrected chi connectivity index (χ3v) is 5.09. The molecule has 0 heterocycles. The summed E-state index contributed by atoms with van der Waals surface area (Å²) in [5, 5.41) is 2.93. The largest absolute Gasteiger partial charge is 0.416 e. The number of carbonyl (C=O) groups is 1. The van der Waals surface area contributed by atoms with E-state index in [9.17, 15) is 18.0 Å². The van der Waals surface area contributed by atoms with E-state index in [0.29, 0.717) is 25.1 Å². The van der Waals surface area contributed by atoms with E-state index >= 15 is 0 Å². The van der Waals surface area contributed by atoms with Crippen molar-refractivity contribution in [3.05, 3.63) is 35.4 Å². The summed E-state index contributed by atoms with van der Waals surface area (Å²) in [6.45, 7) is 1.08. The van der Waals surface area contributed by atoms with Gasteiger partial charge in [-0.1, -0.05) is 37.5 Å². The average Bonchev–Trinajstić information content (AvgIpc) is 2.53. The summed E-state index contributed by atoms with van der Waals surface area (Å²) in [4.78, 5) is 12.0. The summed E-state index contributed by atoms with van der Waals surface area (Å²) < 4.78 is 38.8. The highest BCUT2D eigenvalue weighted by Gasteiger charge is 2.40. The average molecular weight is 356 g/mol. The Hall–Kier alpha value is -1.56. The molecular formula is C19H27F3N2O. The molecule has 140 valence electrons. The molecule has 1 aliphatic rings. The van der Waals surface area contributed by atoms with Crippen LogP contribution in [0.15, 0.2) is 24.3 Å². The topological polar surface area (TPSA) is 55.1 Å². The number of unbranched alkanes of at least 4 members (excludes halogenated alkanes) is 3. The normalized spacial score (nSPS) is 16.3. The van der Waals surface area contributed by atoms with Gasteiger partial charge in [-0.3, -0.25) is 4.79 Å². The van der Waals surface area contributed by atoms with Crippen LogP contribution in [0.1, 0.15) is 62.5 Å². The second-order valence-electron chi connectivity index (χ2n) is 6.94. The van der Waals surface area contributed by atoms with Crippen LogP contribution in [0.3, 0.4) is 0 Å². The molecule has 0 spiro atoms. The molecule has 0 unspecified atom stereocenters. The molecule has 1 aromatic rings. The molecule has 2 rings (SSSR count). The fourth-order valence-electron chi connectivity index (χ4n) is 3.34. The van der Waals surface area contributed by atoms with Gasteiger partial charge in [-0.25, -0.2) is 0 Å². The number of amides is 1. The van der Waals surface area contributed by atoms with Crippen molar-refractivity contribution in [1.29, 1.82) is 0 Å². The highest BCUT2D eigenvalue weighted by Crippen LogP contribution is 2.44. The molecular weight excluding hydrogens is 329 g/mol. The van der Waals surface area contributed by atoms with Gasteiger partial charge in [0.25, 0.3) is 0 Å². The first-order valence-electron chi connectivity index (χ1n) is 9.02. The van der Waals surface area contributed by atoms with Gasteiger partial charge in [0.1, 0.15) is 0 Å². The minimum absolute atomic E-state index is 0.0222. The molecule has 25 heavy (non-hydrogen) atoms. The minimum atomic E-state index is -4.34. The smallest absolute Gasteiger partial charge is 0.355 e. The third-order valence-electron chi connectivity index (χ3n) is 5.09. The second-order valence-corrected chi connectivity index (χ2v) is 6.94. The Bertz CT molecular complexity index is 568. The number of alkyl halides is 3. The maximum absolute atomic E-state index is 12.9. The van der Waals surface area contributed by atoms with Crippen LogP contribution in [0.5, 0.6) is 0 Å². The van der Waals surface area contributed by atoms with E-state index in [1.165, 1.54) is 12.1 Å². The fourth-order valence-corrected chi connectivity index (χ4v) is 3.34. The van der Waals surface area contributed by atoms with Crippen molar-refractivity contribution in [3.63, 3.8) is 0 Å². The Balaban J connectivity index is 1.90. The van der Waals surface area contributed by atoms with Gasteiger partial charge in [-0.15, -0.1) is 0 Å². The first kappa shape index (κ1) is 19.8. The van der Waals surface area contributed by atoms with Crippen molar-refractivity contribution in [2.45, 2.75) is 63.0 Å². The molecule has 0 aliphatic heterocycles. The zero-order valence-corrected chi connectivity index (χ0v) is 14.5. The lowest BCUT2D eigenvalue weighted by Crippen LogP contribution is -2.45. The van der Waals surface area contributed by atoms with Crippen LogP contribution in [0.2, 0.25) is 0 Å². The molecule has 1 aliphatic carbocycles. The fraction of sp³-hybridized carbons (Fsp3) is 0.632. The minimum Gasteiger partial charge on any atom is -0.355 e. The van der Waals surface area contributed by atoms with Gasteiger partial charge in [0.05, 0.1) is 5.56 Å². The number of carbonyl (C=O) groups excluding carboxylic acids is 1. The van der Waals surface area contributed by atoms with Gasteiger partial charge in [0.15, 0.2) is 0 Å². The van der Waals surface area contributed by atoms with Crippen LogP contribution in [0.4, 0.5) is 13.2 Å². The summed E-state index contributed by atoms with van der Waals surface area (Å²) in [5.41, 5.74) is 5.14. The van der Waals surface area contributed by atoms with Crippen LogP contribution in [0, 0.1) is 0 Å². The Morgan fingerprint density at radius 2 is 1.88 bits per heavy atom. The number of halogens is 3. The summed E-state index contributed by atoms with van der Waals surface area (Å²) in [7, 11) is 0. The molecule has 1 aromatic carbocycles. The molecule has 0 bridgehead atoms. The number of hydrogen-bond donors (Lipinski definition) is 2. The molecule has 0 atom stereocenters. The van der Waals surface area contributed by atoms with E-state index in [2.05, 4.69) is 5.32 Å². The van der Waals surface area contributed by atoms with Crippen molar-refractivity contribution < 1.29 is 18.0 Å². The molecule has 6 heteroatoms. The SMILES string of the molecule is NCCCCCCC(=O)NCC1(c2cccc(C(F)(F)F)c2)CCC1. The highest BCUT2D eigenvalue weighted by molar-refractivity contribution is 5.76.